The molecule has 0 aliphatic carbocycles. The van der Waals surface area contributed by atoms with E-state index in [1.807, 2.05) is 27.7 Å². The maximum atomic E-state index is 13.9. The fourth-order valence-electron chi connectivity index (χ4n) is 2.04. The Bertz CT molecular complexity index is 553. The molecular formula is C14H18BFO4. The predicted molar refractivity (Wildman–Crippen MR) is 73.8 cm³/mol. The van der Waals surface area contributed by atoms with Gasteiger partial charge in [0.2, 0.25) is 0 Å². The molecular weight excluding hydrogens is 262 g/mol. The van der Waals surface area contributed by atoms with Gasteiger partial charge in [0, 0.05) is 0 Å². The fraction of sp³-hybridized carbons (Fsp3) is 0.500. The van der Waals surface area contributed by atoms with Crippen LogP contribution >= 0.6 is 0 Å². The number of halogens is 1. The number of carboxylic acid groups (broad SMARTS) is 1. The highest BCUT2D eigenvalue weighted by molar-refractivity contribution is 6.62. The van der Waals surface area contributed by atoms with Crippen molar-refractivity contribution in [3.63, 3.8) is 0 Å². The third-order valence-corrected chi connectivity index (χ3v) is 4.12. The average molecular weight is 280 g/mol. The van der Waals surface area contributed by atoms with Gasteiger partial charge in [0.15, 0.2) is 0 Å². The maximum absolute atomic E-state index is 13.9. The molecule has 1 fully saturated rings. The maximum Gasteiger partial charge on any atom is 0.494 e. The Hall–Kier alpha value is -1.40. The summed E-state index contributed by atoms with van der Waals surface area (Å²) >= 11 is 0. The van der Waals surface area contributed by atoms with Gasteiger partial charge in [-0.1, -0.05) is 0 Å². The molecule has 1 aliphatic heterocycles. The Labute approximate surface area is 118 Å². The van der Waals surface area contributed by atoms with Crippen LogP contribution in [0.2, 0.25) is 0 Å². The Kier molecular flexibility index (Phi) is 3.43. The molecule has 1 aromatic carbocycles. The first-order chi connectivity index (χ1) is 9.05. The lowest BCUT2D eigenvalue weighted by Gasteiger charge is -2.32. The lowest BCUT2D eigenvalue weighted by molar-refractivity contribution is 0.00578. The highest BCUT2D eigenvalue weighted by atomic mass is 19.1. The zero-order valence-electron chi connectivity index (χ0n) is 12.3. The second-order valence-electron chi connectivity index (χ2n) is 6.07. The molecule has 0 amide bonds. The van der Waals surface area contributed by atoms with E-state index >= 15 is 0 Å². The van der Waals surface area contributed by atoms with E-state index in [2.05, 4.69) is 0 Å². The van der Waals surface area contributed by atoms with Crippen LogP contribution in [0.3, 0.4) is 0 Å². The number of rotatable bonds is 2. The molecule has 0 spiro atoms. The van der Waals surface area contributed by atoms with Gasteiger partial charge in [0.05, 0.1) is 16.8 Å². The second kappa shape index (κ2) is 4.57. The lowest BCUT2D eigenvalue weighted by Crippen LogP contribution is -2.41. The van der Waals surface area contributed by atoms with Crippen LogP contribution in [-0.2, 0) is 9.31 Å². The number of carbonyl (C=O) groups is 1. The molecule has 0 aromatic heterocycles. The first-order valence-electron chi connectivity index (χ1n) is 6.44. The quantitative estimate of drug-likeness (QED) is 0.843. The molecule has 0 saturated carbocycles. The minimum atomic E-state index is -1.17. The normalized spacial score (nSPS) is 20.2. The van der Waals surface area contributed by atoms with E-state index in [9.17, 15) is 9.18 Å². The topological polar surface area (TPSA) is 55.8 Å². The van der Waals surface area contributed by atoms with Crippen LogP contribution in [-0.4, -0.2) is 29.4 Å². The highest BCUT2D eigenvalue weighted by Gasteiger charge is 2.51. The van der Waals surface area contributed by atoms with Gasteiger partial charge < -0.3 is 14.4 Å². The number of hydrogen-bond donors (Lipinski definition) is 1. The van der Waals surface area contributed by atoms with Crippen LogP contribution in [0, 0.1) is 12.7 Å². The van der Waals surface area contributed by atoms with Gasteiger partial charge in [-0.25, -0.2) is 9.18 Å². The Morgan fingerprint density at radius 3 is 2.15 bits per heavy atom. The molecule has 2 rings (SSSR count). The molecule has 0 atom stereocenters. The minimum Gasteiger partial charge on any atom is -0.478 e. The Morgan fingerprint density at radius 1 is 1.20 bits per heavy atom. The first-order valence-corrected chi connectivity index (χ1v) is 6.44. The van der Waals surface area contributed by atoms with E-state index in [4.69, 9.17) is 14.4 Å². The summed E-state index contributed by atoms with van der Waals surface area (Å²) in [6, 6.07) is 2.67. The summed E-state index contributed by atoms with van der Waals surface area (Å²) < 4.78 is 25.5. The number of benzene rings is 1. The van der Waals surface area contributed by atoms with Crippen LogP contribution in [0.15, 0.2) is 12.1 Å². The van der Waals surface area contributed by atoms with Crippen LogP contribution in [0.4, 0.5) is 4.39 Å². The molecule has 0 bridgehead atoms. The average Bonchev–Trinajstić information content (AvgIpc) is 2.51. The smallest absolute Gasteiger partial charge is 0.478 e. The molecule has 6 heteroatoms. The summed E-state index contributed by atoms with van der Waals surface area (Å²) in [7, 11) is -0.770. The Morgan fingerprint density at radius 2 is 1.70 bits per heavy atom. The van der Waals surface area contributed by atoms with Crippen molar-refractivity contribution >= 4 is 18.6 Å². The van der Waals surface area contributed by atoms with Crippen molar-refractivity contribution in [3.05, 3.63) is 29.1 Å². The van der Waals surface area contributed by atoms with Gasteiger partial charge in [0.25, 0.3) is 0 Å². The van der Waals surface area contributed by atoms with Crippen molar-refractivity contribution in [2.45, 2.75) is 45.8 Å². The molecule has 20 heavy (non-hydrogen) atoms. The summed E-state index contributed by atoms with van der Waals surface area (Å²) in [4.78, 5) is 11.1. The summed E-state index contributed by atoms with van der Waals surface area (Å²) in [5.74, 6) is -1.74. The van der Waals surface area contributed by atoms with Crippen molar-refractivity contribution in [2.24, 2.45) is 0 Å². The summed E-state index contributed by atoms with van der Waals surface area (Å²) in [5.41, 5.74) is -0.693. The largest absolute Gasteiger partial charge is 0.494 e. The van der Waals surface area contributed by atoms with E-state index < -0.39 is 30.1 Å². The zero-order valence-corrected chi connectivity index (χ0v) is 12.3. The van der Waals surface area contributed by atoms with E-state index in [1.165, 1.54) is 19.1 Å². The van der Waals surface area contributed by atoms with Gasteiger partial charge in [-0.05, 0) is 57.8 Å². The van der Waals surface area contributed by atoms with Crippen LogP contribution in [0.25, 0.3) is 0 Å². The highest BCUT2D eigenvalue weighted by Crippen LogP contribution is 2.36. The SMILES string of the molecule is Cc1c(F)cc(B2OC(C)(C)C(C)(C)O2)cc1C(=O)O. The van der Waals surface area contributed by atoms with Crippen LogP contribution in [0.5, 0.6) is 0 Å². The predicted octanol–water partition coefficient (Wildman–Crippen LogP) is 2.13. The van der Waals surface area contributed by atoms with Crippen molar-refractivity contribution in [2.75, 3.05) is 0 Å². The molecule has 4 nitrogen and oxygen atoms in total. The van der Waals surface area contributed by atoms with E-state index in [0.717, 1.165) is 0 Å². The van der Waals surface area contributed by atoms with Crippen molar-refractivity contribution in [1.29, 1.82) is 0 Å². The van der Waals surface area contributed by atoms with E-state index in [1.54, 1.807) is 0 Å². The van der Waals surface area contributed by atoms with Crippen molar-refractivity contribution in [3.8, 4) is 0 Å². The van der Waals surface area contributed by atoms with Crippen LogP contribution < -0.4 is 5.46 Å². The van der Waals surface area contributed by atoms with Gasteiger partial charge in [0.1, 0.15) is 5.82 Å². The number of aromatic carboxylic acids is 1. The van der Waals surface area contributed by atoms with Gasteiger partial charge in [-0.3, -0.25) is 0 Å². The van der Waals surface area contributed by atoms with E-state index in [0.29, 0.717) is 5.46 Å². The molecule has 1 saturated heterocycles. The number of carboxylic acids is 1. The molecule has 0 unspecified atom stereocenters. The fourth-order valence-corrected chi connectivity index (χ4v) is 2.04. The summed E-state index contributed by atoms with van der Waals surface area (Å²) in [6.07, 6.45) is 0. The standard InChI is InChI=1S/C14H18BFO4/c1-8-10(12(17)18)6-9(7-11(8)16)15-19-13(2,3)14(4,5)20-15/h6-7H,1-5H3,(H,17,18). The van der Waals surface area contributed by atoms with Gasteiger partial charge in [-0.15, -0.1) is 0 Å². The minimum absolute atomic E-state index is 0.0743. The monoisotopic (exact) mass is 280 g/mol. The van der Waals surface area contributed by atoms with Gasteiger partial charge >= 0.3 is 13.1 Å². The van der Waals surface area contributed by atoms with Gasteiger partial charge in [-0.2, -0.15) is 0 Å². The molecule has 1 aromatic rings. The molecule has 0 radical (unpaired) electrons. The van der Waals surface area contributed by atoms with Crippen molar-refractivity contribution in [1.82, 2.24) is 0 Å². The summed E-state index contributed by atoms with van der Waals surface area (Å²) in [6.45, 7) is 8.98. The van der Waals surface area contributed by atoms with E-state index in [-0.39, 0.29) is 11.1 Å². The Balaban J connectivity index is 2.43. The molecule has 1 N–H and O–H groups in total. The summed E-state index contributed by atoms with van der Waals surface area (Å²) in [5, 5.41) is 9.11. The molecule has 108 valence electrons. The van der Waals surface area contributed by atoms with Crippen molar-refractivity contribution < 1.29 is 23.6 Å². The molecule has 1 aliphatic rings. The first kappa shape index (κ1) is 15.0. The number of hydrogen-bond acceptors (Lipinski definition) is 3. The van der Waals surface area contributed by atoms with Crippen LogP contribution in [0.1, 0.15) is 43.6 Å². The lowest BCUT2D eigenvalue weighted by atomic mass is 9.77. The second-order valence-corrected chi connectivity index (χ2v) is 6.07. The third kappa shape index (κ3) is 2.34. The molecule has 1 heterocycles. The third-order valence-electron chi connectivity index (χ3n) is 4.12. The zero-order chi connectivity index (χ0) is 15.3.